The van der Waals surface area contributed by atoms with Gasteiger partial charge >= 0.3 is 0 Å². The van der Waals surface area contributed by atoms with Crippen molar-refractivity contribution in [3.05, 3.63) is 12.7 Å². The SMILES string of the molecule is C=CC.CCCCOCCCC.CCCO.O.OCCO. The average molecular weight is 312 g/mol. The Morgan fingerprint density at radius 1 is 0.810 bits per heavy atom. The summed E-state index contributed by atoms with van der Waals surface area (Å²) >= 11 is 0. The zero-order chi connectivity index (χ0) is 16.5. The van der Waals surface area contributed by atoms with Gasteiger partial charge in [-0.25, -0.2) is 0 Å². The number of aliphatic hydroxyl groups excluding tert-OH is 3. The number of hydrogen-bond acceptors (Lipinski definition) is 4. The topological polar surface area (TPSA) is 101 Å². The molecule has 0 fully saturated rings. The van der Waals surface area contributed by atoms with Crippen molar-refractivity contribution in [3.8, 4) is 0 Å². The molecule has 0 aliphatic rings. The Morgan fingerprint density at radius 2 is 1.10 bits per heavy atom. The van der Waals surface area contributed by atoms with Crippen molar-refractivity contribution < 1.29 is 25.5 Å². The van der Waals surface area contributed by atoms with Gasteiger partial charge in [0.1, 0.15) is 0 Å². The first-order valence-electron chi connectivity index (χ1n) is 7.63. The maximum atomic E-state index is 7.88. The molecule has 0 aromatic heterocycles. The predicted octanol–water partition coefficient (Wildman–Crippen LogP) is 2.33. The molecule has 0 aliphatic carbocycles. The molecule has 0 unspecified atom stereocenters. The Balaban J connectivity index is -0.0000000603. The van der Waals surface area contributed by atoms with E-state index in [0.717, 1.165) is 19.6 Å². The van der Waals surface area contributed by atoms with Crippen LogP contribution in [0, 0.1) is 0 Å². The molecule has 0 heterocycles. The molecule has 21 heavy (non-hydrogen) atoms. The van der Waals surface area contributed by atoms with Gasteiger partial charge in [-0.15, -0.1) is 6.58 Å². The number of rotatable bonds is 8. The molecular formula is C16H40O5. The van der Waals surface area contributed by atoms with Crippen molar-refractivity contribution in [1.82, 2.24) is 0 Å². The van der Waals surface area contributed by atoms with Gasteiger partial charge in [-0.05, 0) is 26.2 Å². The first kappa shape index (κ1) is 32.5. The summed E-state index contributed by atoms with van der Waals surface area (Å²) < 4.78 is 5.31. The molecule has 0 rings (SSSR count). The molecule has 5 nitrogen and oxygen atoms in total. The van der Waals surface area contributed by atoms with Crippen LogP contribution >= 0.6 is 0 Å². The van der Waals surface area contributed by atoms with E-state index in [1.807, 2.05) is 13.8 Å². The Morgan fingerprint density at radius 3 is 1.24 bits per heavy atom. The monoisotopic (exact) mass is 312 g/mol. The van der Waals surface area contributed by atoms with Gasteiger partial charge in [0.2, 0.25) is 0 Å². The van der Waals surface area contributed by atoms with E-state index in [1.165, 1.54) is 25.7 Å². The summed E-state index contributed by atoms with van der Waals surface area (Å²) in [5.41, 5.74) is 0. The van der Waals surface area contributed by atoms with E-state index in [2.05, 4.69) is 20.4 Å². The van der Waals surface area contributed by atoms with Crippen molar-refractivity contribution in [3.63, 3.8) is 0 Å². The molecule has 5 heteroatoms. The predicted molar refractivity (Wildman–Crippen MR) is 91.7 cm³/mol. The zero-order valence-electron chi connectivity index (χ0n) is 14.6. The Bertz CT molecular complexity index is 107. The standard InChI is InChI=1S/C8H18O.C3H8O.C3H6.C2H6O2.H2O/c1-3-5-7-9-8-6-4-2;1-2-3-4;1-3-2;3-1-2-4;/h3-8H2,1-2H3;4H,2-3H2,1H3;3H,1H2,2H3;3-4H,1-2H2;1H2. The number of unbranched alkanes of at least 4 members (excludes halogenated alkanes) is 2. The third-order valence-corrected chi connectivity index (χ3v) is 1.61. The molecule has 0 aromatic rings. The largest absolute Gasteiger partial charge is 0.412 e. The fourth-order valence-electron chi connectivity index (χ4n) is 0.595. The Hall–Kier alpha value is -0.460. The van der Waals surface area contributed by atoms with Crippen LogP contribution in [0.25, 0.3) is 0 Å². The summed E-state index contributed by atoms with van der Waals surface area (Å²) in [7, 11) is 0. The van der Waals surface area contributed by atoms with Gasteiger partial charge in [0, 0.05) is 19.8 Å². The highest BCUT2D eigenvalue weighted by Gasteiger charge is 1.84. The lowest BCUT2D eigenvalue weighted by molar-refractivity contribution is 0.128. The lowest BCUT2D eigenvalue weighted by Crippen LogP contribution is -1.95. The van der Waals surface area contributed by atoms with E-state index < -0.39 is 0 Å². The summed E-state index contributed by atoms with van der Waals surface area (Å²) in [6.45, 7) is 13.5. The second-order valence-corrected chi connectivity index (χ2v) is 3.90. The molecular weight excluding hydrogens is 272 g/mol. The maximum Gasteiger partial charge on any atom is 0.0662 e. The van der Waals surface area contributed by atoms with E-state index in [9.17, 15) is 0 Å². The van der Waals surface area contributed by atoms with E-state index >= 15 is 0 Å². The molecule has 0 spiro atoms. The van der Waals surface area contributed by atoms with Crippen molar-refractivity contribution in [1.29, 1.82) is 0 Å². The lowest BCUT2D eigenvalue weighted by atomic mass is 10.3. The van der Waals surface area contributed by atoms with Crippen LogP contribution in [0.3, 0.4) is 0 Å². The summed E-state index contributed by atoms with van der Waals surface area (Å²) in [6.07, 6.45) is 7.53. The van der Waals surface area contributed by atoms with Crippen LogP contribution in [-0.4, -0.2) is 53.8 Å². The fourth-order valence-corrected chi connectivity index (χ4v) is 0.595. The summed E-state index contributed by atoms with van der Waals surface area (Å²) in [5.74, 6) is 0. The first-order valence-corrected chi connectivity index (χ1v) is 7.63. The van der Waals surface area contributed by atoms with Gasteiger partial charge in [-0.2, -0.15) is 0 Å². The second kappa shape index (κ2) is 50.4. The van der Waals surface area contributed by atoms with E-state index in [1.54, 1.807) is 6.08 Å². The van der Waals surface area contributed by atoms with E-state index in [-0.39, 0.29) is 18.7 Å². The highest BCUT2D eigenvalue weighted by Crippen LogP contribution is 1.91. The molecule has 0 amide bonds. The number of aliphatic hydroxyl groups is 3. The molecule has 0 aliphatic heterocycles. The molecule has 0 radical (unpaired) electrons. The van der Waals surface area contributed by atoms with E-state index in [0.29, 0.717) is 6.61 Å². The second-order valence-electron chi connectivity index (χ2n) is 3.90. The summed E-state index contributed by atoms with van der Waals surface area (Å²) in [6, 6.07) is 0. The van der Waals surface area contributed by atoms with Crippen LogP contribution in [0.2, 0.25) is 0 Å². The number of hydrogen-bond donors (Lipinski definition) is 3. The van der Waals surface area contributed by atoms with Gasteiger partial charge in [-0.3, -0.25) is 0 Å². The Labute approximate surface area is 132 Å². The summed E-state index contributed by atoms with van der Waals surface area (Å²) in [4.78, 5) is 0. The van der Waals surface area contributed by atoms with Crippen LogP contribution in [0.5, 0.6) is 0 Å². The van der Waals surface area contributed by atoms with Gasteiger partial charge in [-0.1, -0.05) is 39.7 Å². The molecule has 5 N–H and O–H groups in total. The summed E-state index contributed by atoms with van der Waals surface area (Å²) in [5, 5.41) is 23.1. The first-order chi connectivity index (χ1) is 9.66. The smallest absolute Gasteiger partial charge is 0.0662 e. The van der Waals surface area contributed by atoms with Gasteiger partial charge in [0.25, 0.3) is 0 Å². The van der Waals surface area contributed by atoms with Gasteiger partial charge in [0.15, 0.2) is 0 Å². The molecule has 0 bridgehead atoms. The van der Waals surface area contributed by atoms with Crippen molar-refractivity contribution in [2.24, 2.45) is 0 Å². The van der Waals surface area contributed by atoms with Crippen LogP contribution in [0.1, 0.15) is 59.8 Å². The quantitative estimate of drug-likeness (QED) is 0.473. The minimum Gasteiger partial charge on any atom is -0.412 e. The number of allylic oxidation sites excluding steroid dienone is 1. The minimum atomic E-state index is -0.125. The van der Waals surface area contributed by atoms with Crippen molar-refractivity contribution in [2.45, 2.75) is 59.8 Å². The zero-order valence-corrected chi connectivity index (χ0v) is 14.6. The molecule has 0 aromatic carbocycles. The highest BCUT2D eigenvalue weighted by molar-refractivity contribution is 4.51. The van der Waals surface area contributed by atoms with E-state index in [4.69, 9.17) is 20.1 Å². The van der Waals surface area contributed by atoms with Crippen LogP contribution in [-0.2, 0) is 4.74 Å². The van der Waals surface area contributed by atoms with Gasteiger partial charge in [0.05, 0.1) is 13.2 Å². The number of ether oxygens (including phenoxy) is 1. The fraction of sp³-hybridized carbons (Fsp3) is 0.875. The Kier molecular flexibility index (Phi) is 78.0. The van der Waals surface area contributed by atoms with Crippen molar-refractivity contribution >= 4 is 0 Å². The third-order valence-electron chi connectivity index (χ3n) is 1.61. The molecule has 134 valence electrons. The van der Waals surface area contributed by atoms with Gasteiger partial charge < -0.3 is 25.5 Å². The molecule has 0 saturated carbocycles. The average Bonchev–Trinajstić information content (AvgIpc) is 2.48. The molecule has 0 saturated heterocycles. The normalized spacial score (nSPS) is 7.76. The lowest BCUT2D eigenvalue weighted by Gasteiger charge is -1.99. The van der Waals surface area contributed by atoms with Crippen LogP contribution < -0.4 is 0 Å². The van der Waals surface area contributed by atoms with Crippen LogP contribution in [0.15, 0.2) is 12.7 Å². The minimum absolute atomic E-state index is 0. The van der Waals surface area contributed by atoms with Crippen molar-refractivity contribution in [2.75, 3.05) is 33.0 Å². The molecule has 0 atom stereocenters. The third kappa shape index (κ3) is 106. The van der Waals surface area contributed by atoms with Crippen LogP contribution in [0.4, 0.5) is 0 Å². The highest BCUT2D eigenvalue weighted by atomic mass is 16.5. The maximum absolute atomic E-state index is 7.88.